The highest BCUT2D eigenvalue weighted by Crippen LogP contribution is 2.29. The topological polar surface area (TPSA) is 90.9 Å². The van der Waals surface area contributed by atoms with Crippen LogP contribution in [0.1, 0.15) is 14.5 Å². The number of hydrogen-bond acceptors (Lipinski definition) is 7. The Kier molecular flexibility index (Phi) is 3.82. The molecule has 3 heterocycles. The Bertz CT molecular complexity index is 835. The molecule has 0 aliphatic carbocycles. The molecule has 3 aromatic heterocycles. The van der Waals surface area contributed by atoms with Crippen LogP contribution >= 0.6 is 22.7 Å². The molecule has 0 saturated carbocycles. The monoisotopic (exact) mass is 334 g/mol. The van der Waals surface area contributed by atoms with Crippen molar-refractivity contribution in [3.8, 4) is 10.7 Å². The van der Waals surface area contributed by atoms with Gasteiger partial charge in [0, 0.05) is 16.5 Å². The van der Waals surface area contributed by atoms with Gasteiger partial charge in [-0.25, -0.2) is 4.98 Å². The second-order valence-electron chi connectivity index (χ2n) is 4.49. The van der Waals surface area contributed by atoms with Crippen LogP contribution in [0.15, 0.2) is 29.9 Å². The first-order chi connectivity index (χ1) is 10.5. The molecule has 0 spiro atoms. The largest absolute Gasteiger partial charge is 0.317 e. The SMILES string of the molecule is Cc1ccc(C(=O)Cn2cc([N+](=O)[O-])c(-c3nccs3)n2)s1. The van der Waals surface area contributed by atoms with E-state index < -0.39 is 4.92 Å². The quantitative estimate of drug-likeness (QED) is 0.406. The standard InChI is InChI=1S/C13H10N4O3S2/c1-8-2-3-11(22-8)10(18)7-16-6-9(17(19)20)12(15-16)13-14-4-5-21-13/h2-6H,7H2,1H3. The number of carbonyl (C=O) groups excluding carboxylic acids is 1. The van der Waals surface area contributed by atoms with E-state index in [9.17, 15) is 14.9 Å². The second-order valence-corrected chi connectivity index (χ2v) is 6.67. The summed E-state index contributed by atoms with van der Waals surface area (Å²) in [5.74, 6) is -0.124. The van der Waals surface area contributed by atoms with Gasteiger partial charge in [-0.05, 0) is 19.1 Å². The predicted molar refractivity (Wildman–Crippen MR) is 83.4 cm³/mol. The third-order valence-electron chi connectivity index (χ3n) is 2.89. The van der Waals surface area contributed by atoms with Crippen molar-refractivity contribution >= 4 is 34.1 Å². The van der Waals surface area contributed by atoms with E-state index >= 15 is 0 Å². The number of thiophene rings is 1. The summed E-state index contributed by atoms with van der Waals surface area (Å²) in [7, 11) is 0. The van der Waals surface area contributed by atoms with Crippen molar-refractivity contribution in [2.75, 3.05) is 0 Å². The van der Waals surface area contributed by atoms with Gasteiger partial charge in [-0.3, -0.25) is 19.6 Å². The van der Waals surface area contributed by atoms with Gasteiger partial charge in [0.05, 0.1) is 9.80 Å². The van der Waals surface area contributed by atoms with Crippen LogP contribution in [0.2, 0.25) is 0 Å². The summed E-state index contributed by atoms with van der Waals surface area (Å²) in [6.07, 6.45) is 2.83. The van der Waals surface area contributed by atoms with Crippen molar-refractivity contribution in [2.24, 2.45) is 0 Å². The molecule has 0 aromatic carbocycles. The van der Waals surface area contributed by atoms with Crippen LogP contribution in [0.5, 0.6) is 0 Å². The normalized spacial score (nSPS) is 10.8. The molecular formula is C13H10N4O3S2. The van der Waals surface area contributed by atoms with Crippen molar-refractivity contribution < 1.29 is 9.72 Å². The van der Waals surface area contributed by atoms with Crippen molar-refractivity contribution in [2.45, 2.75) is 13.5 Å². The molecule has 0 atom stereocenters. The molecule has 7 nitrogen and oxygen atoms in total. The Morgan fingerprint density at radius 3 is 2.86 bits per heavy atom. The molecule has 0 unspecified atom stereocenters. The summed E-state index contributed by atoms with van der Waals surface area (Å²) >= 11 is 2.66. The highest BCUT2D eigenvalue weighted by Gasteiger charge is 2.23. The van der Waals surface area contributed by atoms with Gasteiger partial charge in [-0.15, -0.1) is 22.7 Å². The molecule has 0 aliphatic heterocycles. The van der Waals surface area contributed by atoms with Gasteiger partial charge >= 0.3 is 5.69 Å². The molecule has 0 radical (unpaired) electrons. The Morgan fingerprint density at radius 2 is 2.27 bits per heavy atom. The summed E-state index contributed by atoms with van der Waals surface area (Å²) in [6.45, 7) is 1.88. The minimum Gasteiger partial charge on any atom is -0.291 e. The maximum atomic E-state index is 12.2. The molecule has 22 heavy (non-hydrogen) atoms. The van der Waals surface area contributed by atoms with Crippen LogP contribution in [0.4, 0.5) is 5.69 Å². The molecule has 112 valence electrons. The Balaban J connectivity index is 1.90. The summed E-state index contributed by atoms with van der Waals surface area (Å²) in [6, 6.07) is 3.62. The van der Waals surface area contributed by atoms with Gasteiger partial charge in [0.25, 0.3) is 0 Å². The molecule has 3 aromatic rings. The van der Waals surface area contributed by atoms with E-state index in [0.29, 0.717) is 9.88 Å². The number of nitrogens with zero attached hydrogens (tertiary/aromatic N) is 4. The van der Waals surface area contributed by atoms with Crippen LogP contribution in [0.25, 0.3) is 10.7 Å². The number of aromatic nitrogens is 3. The van der Waals surface area contributed by atoms with Crippen LogP contribution < -0.4 is 0 Å². The number of nitro groups is 1. The zero-order chi connectivity index (χ0) is 15.7. The number of carbonyl (C=O) groups is 1. The number of hydrogen-bond donors (Lipinski definition) is 0. The lowest BCUT2D eigenvalue weighted by Crippen LogP contribution is -2.09. The fraction of sp³-hybridized carbons (Fsp3) is 0.154. The Morgan fingerprint density at radius 1 is 1.45 bits per heavy atom. The maximum Gasteiger partial charge on any atom is 0.317 e. The lowest BCUT2D eigenvalue weighted by molar-refractivity contribution is -0.384. The number of ketones is 1. The smallest absolute Gasteiger partial charge is 0.291 e. The zero-order valence-corrected chi connectivity index (χ0v) is 13.1. The van der Waals surface area contributed by atoms with Crippen LogP contribution in [0.3, 0.4) is 0 Å². The Hall–Kier alpha value is -2.39. The van der Waals surface area contributed by atoms with Crippen LogP contribution in [0, 0.1) is 17.0 Å². The fourth-order valence-corrected chi connectivity index (χ4v) is 3.35. The first kappa shape index (κ1) is 14.5. The highest BCUT2D eigenvalue weighted by molar-refractivity contribution is 7.14. The third kappa shape index (κ3) is 2.81. The molecule has 0 bridgehead atoms. The molecule has 0 N–H and O–H groups in total. The predicted octanol–water partition coefficient (Wildman–Crippen LogP) is 3.17. The summed E-state index contributed by atoms with van der Waals surface area (Å²) in [5.41, 5.74) is 0.0419. The Labute approximate surface area is 133 Å². The third-order valence-corrected chi connectivity index (χ3v) is 4.72. The summed E-state index contributed by atoms with van der Waals surface area (Å²) in [4.78, 5) is 28.5. The zero-order valence-electron chi connectivity index (χ0n) is 11.4. The molecular weight excluding hydrogens is 324 g/mol. The summed E-state index contributed by atoms with van der Waals surface area (Å²) < 4.78 is 1.30. The van der Waals surface area contributed by atoms with E-state index in [1.54, 1.807) is 17.6 Å². The van der Waals surface area contributed by atoms with Crippen molar-refractivity contribution in [3.63, 3.8) is 0 Å². The van der Waals surface area contributed by atoms with E-state index in [-0.39, 0.29) is 23.7 Å². The maximum absolute atomic E-state index is 12.2. The number of aryl methyl sites for hydroxylation is 1. The van der Waals surface area contributed by atoms with Crippen LogP contribution in [-0.4, -0.2) is 25.5 Å². The number of rotatable bonds is 5. The van der Waals surface area contributed by atoms with Gasteiger partial charge in [0.1, 0.15) is 12.7 Å². The van der Waals surface area contributed by atoms with Crippen LogP contribution in [-0.2, 0) is 6.54 Å². The minimum atomic E-state index is -0.514. The highest BCUT2D eigenvalue weighted by atomic mass is 32.1. The molecule has 0 aliphatic rings. The molecule has 0 amide bonds. The van der Waals surface area contributed by atoms with E-state index in [4.69, 9.17) is 0 Å². The number of thiazole rings is 1. The molecule has 0 saturated heterocycles. The van der Waals surface area contributed by atoms with Crippen molar-refractivity contribution in [1.29, 1.82) is 0 Å². The van der Waals surface area contributed by atoms with Crippen molar-refractivity contribution in [1.82, 2.24) is 14.8 Å². The lowest BCUT2D eigenvalue weighted by atomic mass is 10.3. The van der Waals surface area contributed by atoms with Gasteiger partial charge in [-0.1, -0.05) is 0 Å². The fourth-order valence-electron chi connectivity index (χ4n) is 1.93. The molecule has 3 rings (SSSR count). The van der Waals surface area contributed by atoms with E-state index in [2.05, 4.69) is 10.1 Å². The molecule has 9 heteroatoms. The molecule has 0 fully saturated rings. The average molecular weight is 334 g/mol. The van der Waals surface area contributed by atoms with E-state index in [1.807, 2.05) is 13.0 Å². The second kappa shape index (κ2) is 5.78. The van der Waals surface area contributed by atoms with Gasteiger partial charge < -0.3 is 0 Å². The van der Waals surface area contributed by atoms with Gasteiger partial charge in [-0.2, -0.15) is 5.10 Å². The average Bonchev–Trinajstić information content (AvgIpc) is 3.16. The number of Topliss-reactive ketones (excluding diaryl/α,β-unsaturated/α-hetero) is 1. The first-order valence-corrected chi connectivity index (χ1v) is 7.95. The summed E-state index contributed by atoms with van der Waals surface area (Å²) in [5, 5.41) is 17.5. The van der Waals surface area contributed by atoms with Crippen molar-refractivity contribution in [3.05, 3.63) is 49.8 Å². The van der Waals surface area contributed by atoms with Gasteiger partial charge in [0.15, 0.2) is 16.5 Å². The van der Waals surface area contributed by atoms with E-state index in [0.717, 1.165) is 4.88 Å². The lowest BCUT2D eigenvalue weighted by Gasteiger charge is -1.97. The first-order valence-electron chi connectivity index (χ1n) is 6.26. The van der Waals surface area contributed by atoms with Gasteiger partial charge in [0.2, 0.25) is 0 Å². The minimum absolute atomic E-state index is 0.0355. The van der Waals surface area contributed by atoms with E-state index in [1.165, 1.54) is 33.6 Å².